The zero-order chi connectivity index (χ0) is 12.8. The topological polar surface area (TPSA) is 3.24 Å². The highest BCUT2D eigenvalue weighted by atomic mass is 32.2. The standard InChI is InChI=1S/C12H25NS.C2H6.CH4/c1-11(2,3)9-12(4,5)10-14-13-7-6-8-13;1-2;/h6-10H2,1-5H3;1-2H3;1H4. The molecule has 0 aromatic carbocycles. The Bertz CT molecular complexity index is 178. The van der Waals surface area contributed by atoms with Crippen LogP contribution in [-0.2, 0) is 0 Å². The van der Waals surface area contributed by atoms with Crippen molar-refractivity contribution >= 4 is 11.9 Å². The van der Waals surface area contributed by atoms with E-state index in [9.17, 15) is 0 Å². The van der Waals surface area contributed by atoms with E-state index in [0.29, 0.717) is 10.8 Å². The SMILES string of the molecule is C.CC.CC(C)(C)CC(C)(C)CSN1CCC1. The van der Waals surface area contributed by atoms with E-state index in [1.807, 2.05) is 25.8 Å². The van der Waals surface area contributed by atoms with Crippen LogP contribution in [0.5, 0.6) is 0 Å². The molecule has 17 heavy (non-hydrogen) atoms. The lowest BCUT2D eigenvalue weighted by Crippen LogP contribution is -2.33. The van der Waals surface area contributed by atoms with Crippen LogP contribution in [-0.4, -0.2) is 23.1 Å². The molecule has 1 fully saturated rings. The zero-order valence-electron chi connectivity index (χ0n) is 12.4. The molecule has 1 aliphatic rings. The van der Waals surface area contributed by atoms with Crippen LogP contribution in [0.1, 0.15) is 68.7 Å². The highest BCUT2D eigenvalue weighted by Gasteiger charge is 2.27. The maximum atomic E-state index is 2.49. The van der Waals surface area contributed by atoms with E-state index < -0.39 is 0 Å². The fourth-order valence-electron chi connectivity index (χ4n) is 2.17. The molecule has 0 aromatic heterocycles. The fraction of sp³-hybridized carbons (Fsp3) is 1.00. The molecule has 0 N–H and O–H groups in total. The molecule has 1 heterocycles. The number of hydrogen-bond acceptors (Lipinski definition) is 2. The summed E-state index contributed by atoms with van der Waals surface area (Å²) >= 11 is 2.04. The predicted molar refractivity (Wildman–Crippen MR) is 84.6 cm³/mol. The summed E-state index contributed by atoms with van der Waals surface area (Å²) in [5, 5.41) is 0. The summed E-state index contributed by atoms with van der Waals surface area (Å²) < 4.78 is 2.49. The molecule has 1 aliphatic heterocycles. The molecule has 1 nitrogen and oxygen atoms in total. The Morgan fingerprint density at radius 3 is 1.76 bits per heavy atom. The van der Waals surface area contributed by atoms with Gasteiger partial charge in [0.05, 0.1) is 0 Å². The first kappa shape index (κ1) is 19.6. The van der Waals surface area contributed by atoms with E-state index >= 15 is 0 Å². The number of nitrogens with zero attached hydrogens (tertiary/aromatic N) is 1. The van der Waals surface area contributed by atoms with Gasteiger partial charge in [-0.15, -0.1) is 0 Å². The fourth-order valence-corrected chi connectivity index (χ4v) is 3.32. The van der Waals surface area contributed by atoms with Gasteiger partial charge in [-0.25, -0.2) is 0 Å². The van der Waals surface area contributed by atoms with Gasteiger partial charge in [0.25, 0.3) is 0 Å². The second-order valence-corrected chi connectivity index (χ2v) is 7.52. The lowest BCUT2D eigenvalue weighted by Gasteiger charge is -2.36. The molecule has 0 atom stereocenters. The Hall–Kier alpha value is 0.310. The van der Waals surface area contributed by atoms with Crippen molar-refractivity contribution in [2.24, 2.45) is 10.8 Å². The third kappa shape index (κ3) is 9.96. The van der Waals surface area contributed by atoms with Gasteiger partial charge in [0.1, 0.15) is 0 Å². The van der Waals surface area contributed by atoms with Crippen LogP contribution in [0.3, 0.4) is 0 Å². The summed E-state index contributed by atoms with van der Waals surface area (Å²) in [4.78, 5) is 0. The zero-order valence-corrected chi connectivity index (χ0v) is 13.2. The van der Waals surface area contributed by atoms with Gasteiger partial charge < -0.3 is 0 Å². The molecule has 0 unspecified atom stereocenters. The highest BCUT2D eigenvalue weighted by Crippen LogP contribution is 2.37. The molecule has 0 radical (unpaired) electrons. The Morgan fingerprint density at radius 1 is 1.00 bits per heavy atom. The van der Waals surface area contributed by atoms with Crippen LogP contribution in [0.2, 0.25) is 0 Å². The normalized spacial score (nSPS) is 16.4. The smallest absolute Gasteiger partial charge is 0.0132 e. The quantitative estimate of drug-likeness (QED) is 0.618. The first-order valence-corrected chi connectivity index (χ1v) is 7.61. The minimum absolute atomic E-state index is 0. The molecule has 2 heteroatoms. The van der Waals surface area contributed by atoms with Crippen LogP contribution >= 0.6 is 11.9 Å². The van der Waals surface area contributed by atoms with Crippen molar-refractivity contribution in [1.82, 2.24) is 4.31 Å². The van der Waals surface area contributed by atoms with Crippen molar-refractivity contribution < 1.29 is 0 Å². The average molecular weight is 262 g/mol. The van der Waals surface area contributed by atoms with Crippen molar-refractivity contribution in [2.45, 2.75) is 68.7 Å². The number of hydrogen-bond donors (Lipinski definition) is 0. The Kier molecular flexibility index (Phi) is 9.73. The summed E-state index contributed by atoms with van der Waals surface area (Å²) in [7, 11) is 0. The second-order valence-electron chi connectivity index (χ2n) is 6.46. The van der Waals surface area contributed by atoms with Crippen LogP contribution in [0, 0.1) is 10.8 Å². The van der Waals surface area contributed by atoms with Crippen LogP contribution in [0.4, 0.5) is 0 Å². The van der Waals surface area contributed by atoms with Gasteiger partial charge in [0.2, 0.25) is 0 Å². The summed E-state index contributed by atoms with van der Waals surface area (Å²) in [5.74, 6) is 1.27. The highest BCUT2D eigenvalue weighted by molar-refractivity contribution is 7.97. The summed E-state index contributed by atoms with van der Waals surface area (Å²) in [6, 6.07) is 0. The average Bonchev–Trinajstić information content (AvgIpc) is 2.00. The van der Waals surface area contributed by atoms with Gasteiger partial charge in [-0.3, -0.25) is 4.31 Å². The molecule has 0 bridgehead atoms. The lowest BCUT2D eigenvalue weighted by molar-refractivity contribution is 0.235. The minimum atomic E-state index is 0. The molecule has 1 rings (SSSR count). The molecule has 0 spiro atoms. The Labute approximate surface area is 115 Å². The van der Waals surface area contributed by atoms with E-state index in [1.165, 1.54) is 31.7 Å². The van der Waals surface area contributed by atoms with E-state index in [-0.39, 0.29) is 7.43 Å². The second kappa shape index (κ2) is 8.42. The number of rotatable bonds is 4. The molecule has 0 saturated carbocycles. The largest absolute Gasteiger partial charge is 0.251 e. The van der Waals surface area contributed by atoms with E-state index in [1.54, 1.807) is 0 Å². The van der Waals surface area contributed by atoms with E-state index in [0.717, 1.165) is 0 Å². The first-order valence-electron chi connectivity index (χ1n) is 6.66. The van der Waals surface area contributed by atoms with Crippen molar-refractivity contribution in [3.05, 3.63) is 0 Å². The predicted octanol–water partition coefficient (Wildman–Crippen LogP) is 5.47. The van der Waals surface area contributed by atoms with E-state index in [2.05, 4.69) is 38.9 Å². The van der Waals surface area contributed by atoms with Crippen molar-refractivity contribution in [3.63, 3.8) is 0 Å². The first-order chi connectivity index (χ1) is 7.29. The molecular formula is C15H35NS. The maximum Gasteiger partial charge on any atom is 0.0132 e. The Balaban J connectivity index is 0. The maximum absolute atomic E-state index is 2.49. The monoisotopic (exact) mass is 261 g/mol. The van der Waals surface area contributed by atoms with Gasteiger partial charge in [0, 0.05) is 18.8 Å². The molecule has 0 aliphatic carbocycles. The van der Waals surface area contributed by atoms with Gasteiger partial charge >= 0.3 is 0 Å². The van der Waals surface area contributed by atoms with Gasteiger partial charge in [-0.2, -0.15) is 0 Å². The minimum Gasteiger partial charge on any atom is -0.251 e. The summed E-state index contributed by atoms with van der Waals surface area (Å²) in [6.07, 6.45) is 2.70. The molecule has 1 saturated heterocycles. The lowest BCUT2D eigenvalue weighted by atomic mass is 9.77. The van der Waals surface area contributed by atoms with Crippen LogP contribution in [0.25, 0.3) is 0 Å². The van der Waals surface area contributed by atoms with Gasteiger partial charge in [0.15, 0.2) is 0 Å². The van der Waals surface area contributed by atoms with Gasteiger partial charge in [-0.1, -0.05) is 67.8 Å². The third-order valence-electron chi connectivity index (χ3n) is 2.46. The molecule has 106 valence electrons. The van der Waals surface area contributed by atoms with Crippen LogP contribution in [0.15, 0.2) is 0 Å². The van der Waals surface area contributed by atoms with Crippen LogP contribution < -0.4 is 0 Å². The summed E-state index contributed by atoms with van der Waals surface area (Å²) in [5.41, 5.74) is 0.928. The van der Waals surface area contributed by atoms with Crippen molar-refractivity contribution in [1.29, 1.82) is 0 Å². The molecular weight excluding hydrogens is 226 g/mol. The molecule has 0 amide bonds. The van der Waals surface area contributed by atoms with Gasteiger partial charge in [-0.05, 0) is 23.7 Å². The third-order valence-corrected chi connectivity index (χ3v) is 4.10. The summed E-state index contributed by atoms with van der Waals surface area (Å²) in [6.45, 7) is 18.4. The Morgan fingerprint density at radius 2 is 1.47 bits per heavy atom. The van der Waals surface area contributed by atoms with E-state index in [4.69, 9.17) is 0 Å². The van der Waals surface area contributed by atoms with Crippen molar-refractivity contribution in [2.75, 3.05) is 18.8 Å². The van der Waals surface area contributed by atoms with Crippen molar-refractivity contribution in [3.8, 4) is 0 Å². The molecule has 0 aromatic rings.